The topological polar surface area (TPSA) is 57.2 Å². The maximum absolute atomic E-state index is 9.96. The molecule has 0 aliphatic carbocycles. The molecule has 0 aliphatic heterocycles. The van der Waals surface area contributed by atoms with Gasteiger partial charge in [0.15, 0.2) is 0 Å². The summed E-state index contributed by atoms with van der Waals surface area (Å²) in [6.07, 6.45) is 0. The van der Waals surface area contributed by atoms with Gasteiger partial charge in [0, 0.05) is 31.1 Å². The summed E-state index contributed by atoms with van der Waals surface area (Å²) in [5, 5.41) is -0.448. The molecule has 0 aromatic heterocycles. The van der Waals surface area contributed by atoms with Crippen molar-refractivity contribution in [3.8, 4) is 0 Å². The minimum absolute atomic E-state index is 0. The molecule has 0 spiro atoms. The van der Waals surface area contributed by atoms with Gasteiger partial charge in [0.2, 0.25) is 0 Å². The Bertz CT molecular complexity index is 171. The molecule has 0 aromatic rings. The molecule has 0 bridgehead atoms. The Kier molecular flexibility index (Phi) is 15.2. The smallest absolute Gasteiger partial charge is 0.748 e. The second-order valence-electron chi connectivity index (χ2n) is 1.56. The molecule has 0 aliphatic rings. The maximum Gasteiger partial charge on any atom is 1.00 e. The van der Waals surface area contributed by atoms with E-state index < -0.39 is 21.1 Å². The molecule has 1 radical (unpaired) electrons. The van der Waals surface area contributed by atoms with Crippen LogP contribution < -0.4 is 29.6 Å². The van der Waals surface area contributed by atoms with Crippen molar-refractivity contribution in [2.24, 2.45) is 0 Å². The molecule has 1 atom stereocenters. The summed E-state index contributed by atoms with van der Waals surface area (Å²) in [4.78, 5) is 0. The first-order chi connectivity index (χ1) is 3.95. The summed E-state index contributed by atoms with van der Waals surface area (Å²) in [6.45, 7) is 0. The molecule has 0 fully saturated rings. The molecule has 0 rings (SSSR count). The molecule has 0 saturated heterocycles. The Balaban J connectivity index is -0.000000320. The summed E-state index contributed by atoms with van der Waals surface area (Å²) in [6, 6.07) is 0. The Morgan fingerprint density at radius 3 is 1.91 bits per heavy atom. The Hall–Kier alpha value is 2.26. The summed E-state index contributed by atoms with van der Waals surface area (Å²) in [7, 11) is -4.11. The van der Waals surface area contributed by atoms with Crippen molar-refractivity contribution in [1.29, 1.82) is 0 Å². The van der Waals surface area contributed by atoms with E-state index in [-0.39, 0.29) is 49.7 Å². The van der Waals surface area contributed by atoms with Gasteiger partial charge in [-0.25, -0.2) is 8.42 Å². The second-order valence-corrected chi connectivity index (χ2v) is 4.10. The SMILES string of the molecule is O=S(=O)([O-])CC(S)CS.[99Tc].[Na+]. The first kappa shape index (κ1) is 18.9. The fourth-order valence-electron chi connectivity index (χ4n) is 0.288. The van der Waals surface area contributed by atoms with Crippen molar-refractivity contribution in [3.05, 3.63) is 0 Å². The first-order valence-corrected chi connectivity index (χ1v) is 4.91. The largest absolute Gasteiger partial charge is 1.00 e. The Labute approximate surface area is 113 Å². The minimum Gasteiger partial charge on any atom is -0.748 e. The predicted octanol–water partition coefficient (Wildman–Crippen LogP) is -3.24. The van der Waals surface area contributed by atoms with Crippen LogP contribution in [-0.2, 0) is 30.2 Å². The second kappa shape index (κ2) is 8.84. The number of thiol groups is 2. The number of hydrogen-bond donors (Lipinski definition) is 2. The van der Waals surface area contributed by atoms with Crippen LogP contribution in [0.2, 0.25) is 0 Å². The average Bonchev–Trinajstić information content (AvgIpc) is 1.62. The van der Waals surface area contributed by atoms with E-state index in [1.54, 1.807) is 0 Å². The zero-order valence-corrected chi connectivity index (χ0v) is 12.4. The summed E-state index contributed by atoms with van der Waals surface area (Å²) < 4.78 is 29.9. The molecule has 0 heterocycles. The van der Waals surface area contributed by atoms with Crippen LogP contribution in [0.25, 0.3) is 0 Å². The number of rotatable bonds is 3. The van der Waals surface area contributed by atoms with Crippen LogP contribution in [0.1, 0.15) is 0 Å². The van der Waals surface area contributed by atoms with E-state index in [1.807, 2.05) is 0 Å². The van der Waals surface area contributed by atoms with Gasteiger partial charge >= 0.3 is 29.6 Å². The van der Waals surface area contributed by atoms with Gasteiger partial charge in [0.25, 0.3) is 0 Å². The maximum atomic E-state index is 9.96. The molecule has 0 saturated carbocycles. The van der Waals surface area contributed by atoms with Gasteiger partial charge in [-0.05, 0) is 0 Å². The molecule has 8 heteroatoms. The molecular formula is C3H7NaO3S3Tc. The third kappa shape index (κ3) is 15.1. The third-order valence-electron chi connectivity index (χ3n) is 0.607. The van der Waals surface area contributed by atoms with E-state index in [9.17, 15) is 13.0 Å². The zero-order chi connectivity index (χ0) is 7.49. The minimum atomic E-state index is -4.11. The normalized spacial score (nSPS) is 12.6. The van der Waals surface area contributed by atoms with Gasteiger partial charge < -0.3 is 4.55 Å². The van der Waals surface area contributed by atoms with Gasteiger partial charge in [0.1, 0.15) is 0 Å². The van der Waals surface area contributed by atoms with Crippen LogP contribution in [0.15, 0.2) is 0 Å². The monoisotopic (exact) mass is 309 g/mol. The van der Waals surface area contributed by atoms with E-state index in [0.29, 0.717) is 5.75 Å². The van der Waals surface area contributed by atoms with Crippen LogP contribution in [0.3, 0.4) is 0 Å². The fraction of sp³-hybridized carbons (Fsp3) is 1.00. The zero-order valence-electron chi connectivity index (χ0n) is 5.90. The average molecular weight is 309 g/mol. The molecule has 0 N–H and O–H groups in total. The van der Waals surface area contributed by atoms with Crippen molar-refractivity contribution in [3.63, 3.8) is 0 Å². The standard InChI is InChI=1S/C3H8O3S3.Na.Tc/c4-9(5,6)2-3(8)1-7;;/h3,7-8H,1-2H2,(H,4,5,6);;/q;+1;/p-1/i;;1+1. The van der Waals surface area contributed by atoms with Gasteiger partial charge in [-0.2, -0.15) is 25.3 Å². The van der Waals surface area contributed by atoms with E-state index in [2.05, 4.69) is 25.3 Å². The summed E-state index contributed by atoms with van der Waals surface area (Å²) in [5.41, 5.74) is 0. The van der Waals surface area contributed by atoms with Gasteiger partial charge in [-0.1, -0.05) is 0 Å². The first-order valence-electron chi connectivity index (χ1n) is 2.18. The van der Waals surface area contributed by atoms with Crippen LogP contribution in [0.4, 0.5) is 0 Å². The summed E-state index contributed by atoms with van der Waals surface area (Å²) in [5.74, 6) is -0.149. The van der Waals surface area contributed by atoms with E-state index >= 15 is 0 Å². The molecule has 11 heavy (non-hydrogen) atoms. The van der Waals surface area contributed by atoms with E-state index in [0.717, 1.165) is 0 Å². The van der Waals surface area contributed by atoms with Crippen LogP contribution in [0, 0.1) is 0 Å². The fourth-order valence-corrected chi connectivity index (χ4v) is 1.73. The van der Waals surface area contributed by atoms with Crippen molar-refractivity contribution >= 4 is 35.4 Å². The van der Waals surface area contributed by atoms with E-state index in [4.69, 9.17) is 0 Å². The molecule has 3 nitrogen and oxygen atoms in total. The molecule has 0 aromatic carbocycles. The molecule has 1 unspecified atom stereocenters. The molecule has 63 valence electrons. The van der Waals surface area contributed by atoms with Crippen molar-refractivity contribution in [2.45, 2.75) is 5.25 Å². The van der Waals surface area contributed by atoms with Gasteiger partial charge in [-0.15, -0.1) is 0 Å². The van der Waals surface area contributed by atoms with E-state index in [1.165, 1.54) is 0 Å². The van der Waals surface area contributed by atoms with Crippen molar-refractivity contribution in [1.82, 2.24) is 0 Å². The Morgan fingerprint density at radius 1 is 1.45 bits per heavy atom. The van der Waals surface area contributed by atoms with Crippen molar-refractivity contribution < 1.29 is 62.6 Å². The van der Waals surface area contributed by atoms with Gasteiger partial charge in [0.05, 0.1) is 15.9 Å². The quantitative estimate of drug-likeness (QED) is 0.327. The summed E-state index contributed by atoms with van der Waals surface area (Å²) >= 11 is 7.52. The predicted molar refractivity (Wildman–Crippen MR) is 41.2 cm³/mol. The van der Waals surface area contributed by atoms with Crippen LogP contribution in [-0.4, -0.2) is 29.7 Å². The molecule has 0 amide bonds. The molecular weight excluding hydrogens is 302 g/mol. The Morgan fingerprint density at radius 2 is 1.82 bits per heavy atom. The van der Waals surface area contributed by atoms with Crippen LogP contribution in [0.5, 0.6) is 0 Å². The van der Waals surface area contributed by atoms with Crippen LogP contribution >= 0.6 is 25.3 Å². The third-order valence-corrected chi connectivity index (χ3v) is 2.76. The number of hydrogen-bond acceptors (Lipinski definition) is 5. The van der Waals surface area contributed by atoms with Gasteiger partial charge in [-0.3, -0.25) is 0 Å². The van der Waals surface area contributed by atoms with Crippen molar-refractivity contribution in [2.75, 3.05) is 11.5 Å².